The second-order valence-electron chi connectivity index (χ2n) is 7.42. The molecule has 2 amide bonds. The zero-order chi connectivity index (χ0) is 26.3. The van der Waals surface area contributed by atoms with E-state index in [1.807, 2.05) is 0 Å². The smallest absolute Gasteiger partial charge is 0.322 e. The van der Waals surface area contributed by atoms with Crippen LogP contribution in [0.3, 0.4) is 0 Å². The molecule has 0 radical (unpaired) electrons. The van der Waals surface area contributed by atoms with Crippen molar-refractivity contribution in [1.29, 1.82) is 0 Å². The number of alkyl halides is 6. The number of carbonyl (C=O) groups is 2. The van der Waals surface area contributed by atoms with Crippen molar-refractivity contribution in [3.63, 3.8) is 0 Å². The van der Waals surface area contributed by atoms with Gasteiger partial charge in [-0.1, -0.05) is 54.6 Å². The van der Waals surface area contributed by atoms with Crippen LogP contribution in [0.15, 0.2) is 96.6 Å². The maximum Gasteiger partial charge on any atom is 0.416 e. The van der Waals surface area contributed by atoms with Crippen LogP contribution in [0.25, 0.3) is 6.08 Å². The van der Waals surface area contributed by atoms with E-state index in [-0.39, 0.29) is 11.4 Å². The Balaban J connectivity index is 1.89. The molecule has 0 saturated carbocycles. The summed E-state index contributed by atoms with van der Waals surface area (Å²) in [6.07, 6.45) is -5.27. The highest BCUT2D eigenvalue weighted by Crippen LogP contribution is 2.32. The zero-order valence-corrected chi connectivity index (χ0v) is 18.3. The van der Waals surface area contributed by atoms with Crippen LogP contribution in [0.2, 0.25) is 0 Å². The van der Waals surface area contributed by atoms with Crippen molar-refractivity contribution in [3.05, 3.63) is 113 Å². The predicted molar refractivity (Wildman–Crippen MR) is 124 cm³/mol. The van der Waals surface area contributed by atoms with Crippen molar-refractivity contribution >= 4 is 29.3 Å². The van der Waals surface area contributed by atoms with Gasteiger partial charge in [0.25, 0.3) is 11.8 Å². The zero-order valence-electron chi connectivity index (χ0n) is 18.3. The normalized spacial score (nSPS) is 11.7. The summed E-state index contributed by atoms with van der Waals surface area (Å²) in [6, 6.07) is 16.4. The summed E-state index contributed by atoms with van der Waals surface area (Å²) in [4.78, 5) is 25.7. The number of amides is 2. The predicted octanol–water partition coefficient (Wildman–Crippen LogP) is 6.94. The van der Waals surface area contributed by atoms with Crippen LogP contribution < -0.4 is 10.6 Å². The van der Waals surface area contributed by atoms with Gasteiger partial charge in [-0.25, -0.2) is 0 Å². The van der Waals surface area contributed by atoms with Gasteiger partial charge in [-0.15, -0.1) is 0 Å². The molecule has 0 aliphatic heterocycles. The molecule has 0 aliphatic rings. The van der Waals surface area contributed by atoms with Crippen molar-refractivity contribution in [3.8, 4) is 0 Å². The lowest BCUT2D eigenvalue weighted by atomic mass is 10.1. The molecule has 0 heterocycles. The Morgan fingerprint density at radius 1 is 0.639 bits per heavy atom. The molecule has 2 N–H and O–H groups in total. The SMILES string of the molecule is O=C(Nc1cccc(C(F)(F)F)c1)C(=CC=Cc1ccccc1)C(=O)Nc1cccc(C(F)(F)F)c1. The number of nitrogens with one attached hydrogen (secondary N) is 2. The average Bonchev–Trinajstić information content (AvgIpc) is 2.81. The molecular formula is C26H18F6N2O2. The fraction of sp³-hybridized carbons (Fsp3) is 0.0769. The molecule has 0 unspecified atom stereocenters. The molecule has 36 heavy (non-hydrogen) atoms. The number of rotatable bonds is 6. The molecule has 0 saturated heterocycles. The molecule has 0 atom stereocenters. The van der Waals surface area contributed by atoms with E-state index in [0.717, 1.165) is 35.9 Å². The summed E-state index contributed by atoms with van der Waals surface area (Å²) in [5, 5.41) is 4.45. The topological polar surface area (TPSA) is 58.2 Å². The molecule has 0 fully saturated rings. The van der Waals surface area contributed by atoms with Gasteiger partial charge in [0, 0.05) is 11.4 Å². The van der Waals surface area contributed by atoms with Crippen LogP contribution in [-0.4, -0.2) is 11.8 Å². The standard InChI is InChI=1S/C26H18F6N2O2/c27-25(28,29)18-10-5-12-20(15-18)33-23(35)22(14-4-9-17-7-2-1-3-8-17)24(36)34-21-13-6-11-19(16-21)26(30,31)32/h1-16H,(H,33,35)(H,34,36). The van der Waals surface area contributed by atoms with Crippen LogP contribution in [0.1, 0.15) is 16.7 Å². The van der Waals surface area contributed by atoms with E-state index in [9.17, 15) is 35.9 Å². The fourth-order valence-corrected chi connectivity index (χ4v) is 3.02. The van der Waals surface area contributed by atoms with Crippen molar-refractivity contribution in [2.24, 2.45) is 0 Å². The highest BCUT2D eigenvalue weighted by molar-refractivity contribution is 6.26. The Labute approximate surface area is 202 Å². The number of hydrogen-bond donors (Lipinski definition) is 2. The van der Waals surface area contributed by atoms with Crippen LogP contribution in [0.4, 0.5) is 37.7 Å². The first-order valence-electron chi connectivity index (χ1n) is 10.3. The number of carbonyl (C=O) groups excluding carboxylic acids is 2. The van der Waals surface area contributed by atoms with Gasteiger partial charge >= 0.3 is 12.4 Å². The third-order valence-corrected chi connectivity index (χ3v) is 4.74. The lowest BCUT2D eigenvalue weighted by molar-refractivity contribution is -0.138. The molecule has 0 bridgehead atoms. The highest BCUT2D eigenvalue weighted by atomic mass is 19.4. The van der Waals surface area contributed by atoms with Gasteiger partial charge in [-0.3, -0.25) is 9.59 Å². The second-order valence-corrected chi connectivity index (χ2v) is 7.42. The van der Waals surface area contributed by atoms with Crippen LogP contribution in [0.5, 0.6) is 0 Å². The molecule has 3 rings (SSSR count). The Morgan fingerprint density at radius 3 is 1.56 bits per heavy atom. The minimum Gasteiger partial charge on any atom is -0.322 e. The third kappa shape index (κ3) is 7.33. The minimum atomic E-state index is -4.65. The second kappa shape index (κ2) is 10.9. The Hall–Kier alpha value is -4.34. The Kier molecular flexibility index (Phi) is 7.98. The van der Waals surface area contributed by atoms with Gasteiger partial charge in [0.15, 0.2) is 0 Å². The maximum absolute atomic E-state index is 13.0. The summed E-state index contributed by atoms with van der Waals surface area (Å²) in [6.45, 7) is 0. The molecule has 4 nitrogen and oxygen atoms in total. The number of hydrogen-bond acceptors (Lipinski definition) is 2. The summed E-state index contributed by atoms with van der Waals surface area (Å²) in [5.74, 6) is -2.12. The molecule has 3 aromatic carbocycles. The Bertz CT molecular complexity index is 1220. The number of benzene rings is 3. The van der Waals surface area contributed by atoms with E-state index >= 15 is 0 Å². The van der Waals surface area contributed by atoms with Gasteiger partial charge in [-0.05, 0) is 48.0 Å². The molecule has 3 aromatic rings. The van der Waals surface area contributed by atoms with E-state index in [1.165, 1.54) is 18.2 Å². The van der Waals surface area contributed by atoms with E-state index in [1.54, 1.807) is 36.4 Å². The van der Waals surface area contributed by atoms with Gasteiger partial charge in [0.1, 0.15) is 5.57 Å². The highest BCUT2D eigenvalue weighted by Gasteiger charge is 2.31. The minimum absolute atomic E-state index is 0.223. The van der Waals surface area contributed by atoms with E-state index in [0.29, 0.717) is 12.1 Å². The van der Waals surface area contributed by atoms with Crippen LogP contribution in [-0.2, 0) is 21.9 Å². The molecule has 0 aliphatic carbocycles. The summed E-state index contributed by atoms with van der Waals surface area (Å²) >= 11 is 0. The van der Waals surface area contributed by atoms with E-state index < -0.39 is 40.9 Å². The first kappa shape index (κ1) is 26.3. The van der Waals surface area contributed by atoms with Crippen molar-refractivity contribution in [2.75, 3.05) is 10.6 Å². The number of halogens is 6. The fourth-order valence-electron chi connectivity index (χ4n) is 3.02. The maximum atomic E-state index is 13.0. The summed E-state index contributed by atoms with van der Waals surface area (Å²) in [7, 11) is 0. The molecule has 10 heteroatoms. The summed E-state index contributed by atoms with van der Waals surface area (Å²) < 4.78 is 78.0. The van der Waals surface area contributed by atoms with E-state index in [4.69, 9.17) is 0 Å². The van der Waals surface area contributed by atoms with Gasteiger partial charge in [0.2, 0.25) is 0 Å². The van der Waals surface area contributed by atoms with Crippen molar-refractivity contribution in [1.82, 2.24) is 0 Å². The Morgan fingerprint density at radius 2 is 1.11 bits per heavy atom. The molecule has 186 valence electrons. The largest absolute Gasteiger partial charge is 0.416 e. The quantitative estimate of drug-likeness (QED) is 0.126. The molecule has 0 aromatic heterocycles. The first-order chi connectivity index (χ1) is 16.9. The van der Waals surface area contributed by atoms with Crippen molar-refractivity contribution in [2.45, 2.75) is 12.4 Å². The lowest BCUT2D eigenvalue weighted by Crippen LogP contribution is -2.25. The average molecular weight is 504 g/mol. The van der Waals surface area contributed by atoms with Gasteiger partial charge < -0.3 is 10.6 Å². The lowest BCUT2D eigenvalue weighted by Gasteiger charge is -2.13. The summed E-state index contributed by atoms with van der Waals surface area (Å²) in [5.41, 5.74) is -2.28. The first-order valence-corrected chi connectivity index (χ1v) is 10.3. The number of anilines is 2. The number of allylic oxidation sites excluding steroid dienone is 2. The monoisotopic (exact) mass is 504 g/mol. The third-order valence-electron chi connectivity index (χ3n) is 4.74. The van der Waals surface area contributed by atoms with Gasteiger partial charge in [-0.2, -0.15) is 26.3 Å². The van der Waals surface area contributed by atoms with Crippen LogP contribution >= 0.6 is 0 Å². The van der Waals surface area contributed by atoms with Crippen molar-refractivity contribution < 1.29 is 35.9 Å². The van der Waals surface area contributed by atoms with Crippen LogP contribution in [0, 0.1) is 0 Å². The molecular weight excluding hydrogens is 486 g/mol. The van der Waals surface area contributed by atoms with Gasteiger partial charge in [0.05, 0.1) is 11.1 Å². The van der Waals surface area contributed by atoms with E-state index in [2.05, 4.69) is 10.6 Å². The molecule has 0 spiro atoms.